The van der Waals surface area contributed by atoms with E-state index in [2.05, 4.69) is 16.4 Å². The largest absolute Gasteiger partial charge is 0.417 e. The van der Waals surface area contributed by atoms with Crippen molar-refractivity contribution in [2.45, 2.75) is 31.5 Å². The molecule has 22 heavy (non-hydrogen) atoms. The van der Waals surface area contributed by atoms with Crippen molar-refractivity contribution in [2.75, 3.05) is 5.32 Å². The first-order valence-corrected chi connectivity index (χ1v) is 7.40. The van der Waals surface area contributed by atoms with E-state index in [0.29, 0.717) is 0 Å². The number of nitrogens with zero attached hydrogens (tertiary/aromatic N) is 1. The van der Waals surface area contributed by atoms with Gasteiger partial charge in [0.05, 0.1) is 16.6 Å². The third-order valence-electron chi connectivity index (χ3n) is 3.85. The van der Waals surface area contributed by atoms with E-state index in [4.69, 9.17) is 11.6 Å². The van der Waals surface area contributed by atoms with Crippen molar-refractivity contribution in [2.24, 2.45) is 0 Å². The summed E-state index contributed by atoms with van der Waals surface area (Å²) in [4.78, 5) is 3.85. The van der Waals surface area contributed by atoms with Gasteiger partial charge in [-0.25, -0.2) is 4.98 Å². The molecule has 0 aliphatic heterocycles. The average molecular weight is 327 g/mol. The van der Waals surface area contributed by atoms with Gasteiger partial charge in [0.1, 0.15) is 5.82 Å². The highest BCUT2D eigenvalue weighted by Gasteiger charge is 2.32. The van der Waals surface area contributed by atoms with Gasteiger partial charge >= 0.3 is 6.18 Å². The second-order valence-corrected chi connectivity index (χ2v) is 5.75. The van der Waals surface area contributed by atoms with Crippen LogP contribution in [0.1, 0.15) is 35.6 Å². The van der Waals surface area contributed by atoms with E-state index in [1.807, 2.05) is 18.2 Å². The smallest absolute Gasteiger partial charge is 0.362 e. The first-order chi connectivity index (χ1) is 10.4. The molecule has 2 nitrogen and oxygen atoms in total. The highest BCUT2D eigenvalue weighted by molar-refractivity contribution is 6.33. The fraction of sp³-hybridized carbons (Fsp3) is 0.312. The monoisotopic (exact) mass is 326 g/mol. The fourth-order valence-electron chi connectivity index (χ4n) is 2.77. The van der Waals surface area contributed by atoms with Crippen LogP contribution in [0.3, 0.4) is 0 Å². The molecule has 1 atom stereocenters. The van der Waals surface area contributed by atoms with Gasteiger partial charge < -0.3 is 5.32 Å². The number of halogens is 4. The molecule has 1 unspecified atom stereocenters. The van der Waals surface area contributed by atoms with Gasteiger partial charge in [0.25, 0.3) is 0 Å². The predicted molar refractivity (Wildman–Crippen MR) is 80.0 cm³/mol. The minimum absolute atomic E-state index is 0.0159. The normalized spacial score (nSPS) is 17.9. The average Bonchev–Trinajstić information content (AvgIpc) is 2.48. The van der Waals surface area contributed by atoms with Crippen molar-refractivity contribution in [3.8, 4) is 0 Å². The molecule has 1 aliphatic rings. The van der Waals surface area contributed by atoms with Crippen LogP contribution in [0, 0.1) is 0 Å². The molecule has 0 saturated carbocycles. The van der Waals surface area contributed by atoms with Crippen molar-refractivity contribution >= 4 is 17.4 Å². The second kappa shape index (κ2) is 5.80. The molecule has 1 aromatic carbocycles. The van der Waals surface area contributed by atoms with E-state index in [1.165, 1.54) is 5.56 Å². The van der Waals surface area contributed by atoms with Crippen LogP contribution >= 0.6 is 11.6 Å². The summed E-state index contributed by atoms with van der Waals surface area (Å²) in [6.45, 7) is 0. The van der Waals surface area contributed by atoms with Gasteiger partial charge in [-0.05, 0) is 36.5 Å². The maximum absolute atomic E-state index is 12.6. The van der Waals surface area contributed by atoms with Crippen LogP contribution in [-0.4, -0.2) is 4.98 Å². The molecule has 0 saturated heterocycles. The molecule has 116 valence electrons. The first-order valence-electron chi connectivity index (χ1n) is 7.02. The van der Waals surface area contributed by atoms with Crippen LogP contribution in [0.2, 0.25) is 5.02 Å². The quantitative estimate of drug-likeness (QED) is 0.816. The van der Waals surface area contributed by atoms with E-state index >= 15 is 0 Å². The molecule has 1 aliphatic carbocycles. The molecule has 0 bridgehead atoms. The van der Waals surface area contributed by atoms with E-state index in [0.717, 1.165) is 37.1 Å². The molecule has 2 aromatic rings. The van der Waals surface area contributed by atoms with Crippen LogP contribution in [0.15, 0.2) is 36.5 Å². The third kappa shape index (κ3) is 3.04. The molecular weight excluding hydrogens is 313 g/mol. The lowest BCUT2D eigenvalue weighted by atomic mass is 9.88. The van der Waals surface area contributed by atoms with Gasteiger partial charge in [-0.15, -0.1) is 0 Å². The minimum Gasteiger partial charge on any atom is -0.362 e. The second-order valence-electron chi connectivity index (χ2n) is 5.34. The molecule has 3 rings (SSSR count). The Labute approximate surface area is 131 Å². The topological polar surface area (TPSA) is 24.9 Å². The number of pyridine rings is 1. The highest BCUT2D eigenvalue weighted by Crippen LogP contribution is 2.36. The molecule has 1 aromatic heterocycles. The highest BCUT2D eigenvalue weighted by atomic mass is 35.5. The maximum atomic E-state index is 12.6. The number of nitrogens with one attached hydrogen (secondary N) is 1. The van der Waals surface area contributed by atoms with Gasteiger partial charge in [-0.1, -0.05) is 35.9 Å². The maximum Gasteiger partial charge on any atom is 0.417 e. The molecule has 0 radical (unpaired) electrons. The number of hydrogen-bond acceptors (Lipinski definition) is 2. The number of rotatable bonds is 2. The van der Waals surface area contributed by atoms with E-state index in [-0.39, 0.29) is 16.9 Å². The summed E-state index contributed by atoms with van der Waals surface area (Å²) in [6.07, 6.45) is -0.693. The standard InChI is InChI=1S/C16H14ClF3N2/c17-13-8-11(16(18,19)20)9-21-15(13)22-14-7-3-5-10-4-1-2-6-12(10)14/h1-2,4,6,8-9,14H,3,5,7H2,(H,21,22). The van der Waals surface area contributed by atoms with E-state index in [9.17, 15) is 13.2 Å². The van der Waals surface area contributed by atoms with Crippen molar-refractivity contribution in [3.05, 3.63) is 58.2 Å². The van der Waals surface area contributed by atoms with Crippen LogP contribution in [0.5, 0.6) is 0 Å². The Hall–Kier alpha value is -1.75. The zero-order valence-corrected chi connectivity index (χ0v) is 12.4. The molecular formula is C16H14ClF3N2. The molecule has 1 heterocycles. The Bertz CT molecular complexity index is 685. The number of benzene rings is 1. The van der Waals surface area contributed by atoms with Crippen LogP contribution in [-0.2, 0) is 12.6 Å². The zero-order chi connectivity index (χ0) is 15.7. The van der Waals surface area contributed by atoms with Crippen molar-refractivity contribution in [1.29, 1.82) is 0 Å². The summed E-state index contributed by atoms with van der Waals surface area (Å²) in [7, 11) is 0. The van der Waals surface area contributed by atoms with Gasteiger partial charge in [0.15, 0.2) is 0 Å². The summed E-state index contributed by atoms with van der Waals surface area (Å²) in [5.74, 6) is 0.288. The zero-order valence-electron chi connectivity index (χ0n) is 11.6. The van der Waals surface area contributed by atoms with Crippen LogP contribution in [0.25, 0.3) is 0 Å². The van der Waals surface area contributed by atoms with Gasteiger partial charge in [-0.3, -0.25) is 0 Å². The Morgan fingerprint density at radius 3 is 2.73 bits per heavy atom. The molecule has 0 spiro atoms. The molecule has 6 heteroatoms. The van der Waals surface area contributed by atoms with Crippen molar-refractivity contribution in [1.82, 2.24) is 4.98 Å². The molecule has 0 fully saturated rings. The number of hydrogen-bond donors (Lipinski definition) is 1. The van der Waals surface area contributed by atoms with E-state index < -0.39 is 11.7 Å². The number of aryl methyl sites for hydroxylation is 1. The Morgan fingerprint density at radius 2 is 2.00 bits per heavy atom. The summed E-state index contributed by atoms with van der Waals surface area (Å²) in [5.41, 5.74) is 1.58. The van der Waals surface area contributed by atoms with Crippen LogP contribution in [0.4, 0.5) is 19.0 Å². The first kappa shape index (κ1) is 15.2. The third-order valence-corrected chi connectivity index (χ3v) is 4.14. The van der Waals surface area contributed by atoms with Crippen LogP contribution < -0.4 is 5.32 Å². The van der Waals surface area contributed by atoms with Gasteiger partial charge in [0.2, 0.25) is 0 Å². The number of fused-ring (bicyclic) bond motifs is 1. The van der Waals surface area contributed by atoms with Gasteiger partial charge in [-0.2, -0.15) is 13.2 Å². The van der Waals surface area contributed by atoms with Crippen molar-refractivity contribution < 1.29 is 13.2 Å². The Balaban J connectivity index is 1.86. The predicted octanol–water partition coefficient (Wildman–Crippen LogP) is 5.24. The van der Waals surface area contributed by atoms with Gasteiger partial charge in [0, 0.05) is 6.20 Å². The fourth-order valence-corrected chi connectivity index (χ4v) is 2.99. The Kier molecular flexibility index (Phi) is 4.00. The SMILES string of the molecule is FC(F)(F)c1cnc(NC2CCCc3ccccc32)c(Cl)c1. The summed E-state index contributed by atoms with van der Waals surface area (Å²) < 4.78 is 37.9. The minimum atomic E-state index is -4.44. The summed E-state index contributed by atoms with van der Waals surface area (Å²) in [6, 6.07) is 8.98. The van der Waals surface area contributed by atoms with E-state index in [1.54, 1.807) is 0 Å². The lowest BCUT2D eigenvalue weighted by Crippen LogP contribution is -2.18. The lowest BCUT2D eigenvalue weighted by Gasteiger charge is -2.27. The van der Waals surface area contributed by atoms with Crippen molar-refractivity contribution in [3.63, 3.8) is 0 Å². The summed E-state index contributed by atoms with van der Waals surface area (Å²) >= 11 is 5.96. The number of aromatic nitrogens is 1. The number of anilines is 1. The Morgan fingerprint density at radius 1 is 1.23 bits per heavy atom. The lowest BCUT2D eigenvalue weighted by molar-refractivity contribution is -0.137. The number of alkyl halides is 3. The summed E-state index contributed by atoms with van der Waals surface area (Å²) in [5, 5.41) is 3.16. The molecule has 1 N–H and O–H groups in total. The molecule has 0 amide bonds.